The molecule has 2 aliphatic heterocycles. The van der Waals surface area contributed by atoms with Gasteiger partial charge in [-0.3, -0.25) is 9.59 Å². The maximum absolute atomic E-state index is 12.7. The van der Waals surface area contributed by atoms with E-state index in [0.717, 1.165) is 17.7 Å². The van der Waals surface area contributed by atoms with Gasteiger partial charge in [-0.05, 0) is 30.9 Å². The van der Waals surface area contributed by atoms with Gasteiger partial charge < -0.3 is 14.2 Å². The number of amides is 2. The maximum Gasteiger partial charge on any atom is 0.290 e. The summed E-state index contributed by atoms with van der Waals surface area (Å²) in [6.45, 7) is 2.53. The van der Waals surface area contributed by atoms with Crippen molar-refractivity contribution >= 4 is 28.8 Å². The Morgan fingerprint density at radius 2 is 2.23 bits per heavy atom. The number of carbonyl (C=O) groups is 2. The van der Waals surface area contributed by atoms with Crippen LogP contribution in [-0.4, -0.2) is 35.3 Å². The molecular weight excluding hydrogens is 300 g/mol. The smallest absolute Gasteiger partial charge is 0.290 e. The van der Waals surface area contributed by atoms with Crippen LogP contribution in [0.5, 0.6) is 0 Å². The molecule has 0 bridgehead atoms. The number of aryl methyl sites for hydroxylation is 1. The third-order valence-electron chi connectivity index (χ3n) is 4.60. The van der Waals surface area contributed by atoms with Gasteiger partial charge in [0.05, 0.1) is 24.0 Å². The van der Waals surface area contributed by atoms with E-state index in [9.17, 15) is 9.59 Å². The summed E-state index contributed by atoms with van der Waals surface area (Å²) < 4.78 is 5.32. The van der Waals surface area contributed by atoms with Crippen LogP contribution in [0, 0.1) is 6.92 Å². The number of furan rings is 1. The molecule has 0 aliphatic carbocycles. The molecule has 0 saturated carbocycles. The van der Waals surface area contributed by atoms with E-state index in [1.165, 1.54) is 6.26 Å². The summed E-state index contributed by atoms with van der Waals surface area (Å²) in [7, 11) is 0. The van der Waals surface area contributed by atoms with Crippen LogP contribution in [-0.2, 0) is 4.79 Å². The van der Waals surface area contributed by atoms with Crippen molar-refractivity contribution in [2.45, 2.75) is 31.8 Å². The number of fused-ring (bicyclic) bond motifs is 1. The van der Waals surface area contributed by atoms with Crippen molar-refractivity contribution in [2.24, 2.45) is 0 Å². The topological polar surface area (TPSA) is 53.8 Å². The van der Waals surface area contributed by atoms with Crippen molar-refractivity contribution in [1.82, 2.24) is 4.90 Å². The number of hydrogen-bond acceptors (Lipinski definition) is 4. The quantitative estimate of drug-likeness (QED) is 0.856. The molecule has 0 spiro atoms. The van der Waals surface area contributed by atoms with Crippen LogP contribution in [0.25, 0.3) is 0 Å². The number of carbonyl (C=O) groups excluding carboxylic acids is 2. The Bertz CT molecular complexity index is 722. The lowest BCUT2D eigenvalue weighted by Crippen LogP contribution is -2.40. The van der Waals surface area contributed by atoms with Crippen molar-refractivity contribution in [3.8, 4) is 0 Å². The summed E-state index contributed by atoms with van der Waals surface area (Å²) >= 11 is 1.58. The van der Waals surface area contributed by atoms with Crippen LogP contribution >= 0.6 is 11.3 Å². The van der Waals surface area contributed by atoms with Crippen molar-refractivity contribution in [3.63, 3.8) is 0 Å². The van der Waals surface area contributed by atoms with Gasteiger partial charge in [0.2, 0.25) is 5.91 Å². The van der Waals surface area contributed by atoms with E-state index >= 15 is 0 Å². The zero-order valence-electron chi connectivity index (χ0n) is 12.2. The highest BCUT2D eigenvalue weighted by Gasteiger charge is 2.49. The van der Waals surface area contributed by atoms with Crippen molar-refractivity contribution in [3.05, 3.63) is 40.5 Å². The van der Waals surface area contributed by atoms with Crippen molar-refractivity contribution in [2.75, 3.05) is 11.4 Å². The Hall–Kier alpha value is -2.08. The first-order chi connectivity index (χ1) is 10.7. The summed E-state index contributed by atoms with van der Waals surface area (Å²) in [5.74, 6) is 0.388. The first-order valence-electron chi connectivity index (χ1n) is 7.36. The minimum atomic E-state index is -0.102. The largest absolute Gasteiger partial charge is 0.459 e. The highest BCUT2D eigenvalue weighted by atomic mass is 32.1. The van der Waals surface area contributed by atoms with E-state index in [1.54, 1.807) is 22.3 Å². The number of likely N-dealkylation sites (tertiary alicyclic amines) is 1. The molecule has 4 heterocycles. The Balaban J connectivity index is 1.61. The highest BCUT2D eigenvalue weighted by Crippen LogP contribution is 2.37. The fraction of sp³-hybridized carbons (Fsp3) is 0.375. The minimum Gasteiger partial charge on any atom is -0.459 e. The predicted octanol–water partition coefficient (Wildman–Crippen LogP) is 2.67. The molecule has 0 unspecified atom stereocenters. The standard InChI is InChI=1S/C16H16N2O3S/c1-10-3-6-21-15(10)16(20)17-5-2-12-13(17)8-14(19)18(12)11-4-7-22-9-11/h3-4,6-7,9,12-13H,2,5,8H2,1H3/t12-,13+/m1/s1. The van der Waals surface area contributed by atoms with Gasteiger partial charge in [-0.2, -0.15) is 11.3 Å². The second kappa shape index (κ2) is 4.98. The number of hydrogen-bond donors (Lipinski definition) is 0. The van der Waals surface area contributed by atoms with E-state index in [1.807, 2.05) is 28.7 Å². The Kier molecular flexibility index (Phi) is 3.07. The van der Waals surface area contributed by atoms with Gasteiger partial charge in [-0.25, -0.2) is 0 Å². The summed E-state index contributed by atoms with van der Waals surface area (Å²) in [6, 6.07) is 3.79. The van der Waals surface area contributed by atoms with Crippen molar-refractivity contribution in [1.29, 1.82) is 0 Å². The lowest BCUT2D eigenvalue weighted by molar-refractivity contribution is -0.117. The normalized spacial score (nSPS) is 24.1. The molecule has 114 valence electrons. The molecule has 0 radical (unpaired) electrons. The van der Waals surface area contributed by atoms with Gasteiger partial charge in [0.25, 0.3) is 5.91 Å². The third kappa shape index (κ3) is 1.90. The molecule has 2 aliphatic rings. The average molecular weight is 316 g/mol. The van der Waals surface area contributed by atoms with Gasteiger partial charge in [0.15, 0.2) is 5.76 Å². The molecule has 2 saturated heterocycles. The van der Waals surface area contributed by atoms with Crippen molar-refractivity contribution < 1.29 is 14.0 Å². The summed E-state index contributed by atoms with van der Waals surface area (Å²) in [4.78, 5) is 28.7. The molecular formula is C16H16N2O3S. The minimum absolute atomic E-state index is 0.0515. The first kappa shape index (κ1) is 13.6. The van der Waals surface area contributed by atoms with E-state index in [0.29, 0.717) is 18.7 Å². The second-order valence-electron chi connectivity index (χ2n) is 5.80. The van der Waals surface area contributed by atoms with Crippen LogP contribution in [0.2, 0.25) is 0 Å². The lowest BCUT2D eigenvalue weighted by atomic mass is 10.1. The fourth-order valence-electron chi connectivity index (χ4n) is 3.55. The van der Waals surface area contributed by atoms with Gasteiger partial charge in [0, 0.05) is 23.9 Å². The molecule has 22 heavy (non-hydrogen) atoms. The Morgan fingerprint density at radius 1 is 1.36 bits per heavy atom. The van der Waals surface area contributed by atoms with Gasteiger partial charge in [0.1, 0.15) is 0 Å². The zero-order chi connectivity index (χ0) is 15.3. The van der Waals surface area contributed by atoms with E-state index < -0.39 is 0 Å². The average Bonchev–Trinajstić information content (AvgIpc) is 3.22. The summed E-state index contributed by atoms with van der Waals surface area (Å²) in [5, 5.41) is 3.96. The number of anilines is 1. The maximum atomic E-state index is 12.7. The molecule has 2 aromatic rings. The summed E-state index contributed by atoms with van der Waals surface area (Å²) in [6.07, 6.45) is 2.75. The predicted molar refractivity (Wildman–Crippen MR) is 83.1 cm³/mol. The molecule has 2 fully saturated rings. The van der Waals surface area contributed by atoms with Gasteiger partial charge in [-0.15, -0.1) is 0 Å². The fourth-order valence-corrected chi connectivity index (χ4v) is 4.18. The molecule has 2 atom stereocenters. The third-order valence-corrected chi connectivity index (χ3v) is 5.27. The molecule has 5 nitrogen and oxygen atoms in total. The highest BCUT2D eigenvalue weighted by molar-refractivity contribution is 7.08. The number of rotatable bonds is 2. The SMILES string of the molecule is Cc1ccoc1C(=O)N1CC[C@@H]2[C@@H]1CC(=O)N2c1ccsc1. The zero-order valence-corrected chi connectivity index (χ0v) is 13.0. The van der Waals surface area contributed by atoms with Crippen LogP contribution in [0.1, 0.15) is 29.0 Å². The van der Waals surface area contributed by atoms with E-state index in [-0.39, 0.29) is 23.9 Å². The van der Waals surface area contributed by atoms with Crippen LogP contribution in [0.4, 0.5) is 5.69 Å². The Labute approximate surface area is 132 Å². The first-order valence-corrected chi connectivity index (χ1v) is 8.30. The molecule has 4 rings (SSSR count). The Morgan fingerprint density at radius 3 is 2.91 bits per heavy atom. The van der Waals surface area contributed by atoms with Crippen LogP contribution in [0.3, 0.4) is 0 Å². The van der Waals surface area contributed by atoms with E-state index in [4.69, 9.17) is 4.42 Å². The molecule has 6 heteroatoms. The molecule has 2 aromatic heterocycles. The number of thiophene rings is 1. The van der Waals surface area contributed by atoms with Gasteiger partial charge in [-0.1, -0.05) is 0 Å². The lowest BCUT2D eigenvalue weighted by Gasteiger charge is -2.24. The molecule has 2 amide bonds. The monoisotopic (exact) mass is 316 g/mol. The second-order valence-corrected chi connectivity index (χ2v) is 6.58. The van der Waals surface area contributed by atoms with E-state index in [2.05, 4.69) is 0 Å². The van der Waals surface area contributed by atoms with Crippen LogP contribution in [0.15, 0.2) is 33.6 Å². The van der Waals surface area contributed by atoms with Crippen LogP contribution < -0.4 is 4.90 Å². The molecule has 0 aromatic carbocycles. The number of nitrogens with zero attached hydrogens (tertiary/aromatic N) is 2. The van der Waals surface area contributed by atoms with Gasteiger partial charge >= 0.3 is 0 Å². The molecule has 0 N–H and O–H groups in total. The summed E-state index contributed by atoms with van der Waals surface area (Å²) in [5.41, 5.74) is 1.79.